The number of nitrogens with zero attached hydrogens (tertiary/aromatic N) is 2. The third-order valence-corrected chi connectivity index (χ3v) is 9.74. The average Bonchev–Trinajstić information content (AvgIpc) is 3.28. The summed E-state index contributed by atoms with van der Waals surface area (Å²) in [5.74, 6) is -0.350. The molecule has 8 nitrogen and oxygen atoms in total. The van der Waals surface area contributed by atoms with Gasteiger partial charge in [-0.15, -0.1) is 0 Å². The number of anilines is 2. The van der Waals surface area contributed by atoms with Gasteiger partial charge in [-0.1, -0.05) is 48.0 Å². The first-order valence-corrected chi connectivity index (χ1v) is 15.6. The highest BCUT2D eigenvalue weighted by Crippen LogP contribution is 2.37. The molecule has 2 heterocycles. The van der Waals surface area contributed by atoms with Crippen LogP contribution < -0.4 is 14.9 Å². The van der Waals surface area contributed by atoms with Crippen molar-refractivity contribution in [1.29, 1.82) is 0 Å². The molecule has 0 radical (unpaired) electrons. The van der Waals surface area contributed by atoms with Crippen LogP contribution in [0.4, 0.5) is 11.4 Å². The lowest BCUT2D eigenvalue weighted by atomic mass is 9.99. The quantitative estimate of drug-likeness (QED) is 0.275. The lowest BCUT2D eigenvalue weighted by molar-refractivity contribution is 0.0851. The summed E-state index contributed by atoms with van der Waals surface area (Å²) in [6.45, 7) is 7.02. The van der Waals surface area contributed by atoms with Gasteiger partial charge in [-0.2, -0.15) is 0 Å². The Kier molecular flexibility index (Phi) is 8.11. The summed E-state index contributed by atoms with van der Waals surface area (Å²) in [5.41, 5.74) is 6.80. The van der Waals surface area contributed by atoms with E-state index in [0.717, 1.165) is 38.8 Å². The molecule has 0 spiro atoms. The number of hydrogen-bond donors (Lipinski definition) is 3. The van der Waals surface area contributed by atoms with Crippen molar-refractivity contribution in [2.24, 2.45) is 0 Å². The number of benzene rings is 3. The summed E-state index contributed by atoms with van der Waals surface area (Å²) in [6, 6.07) is 18.7. The van der Waals surface area contributed by atoms with Crippen LogP contribution in [0.1, 0.15) is 39.5 Å². The normalized spacial score (nSPS) is 15.8. The molecule has 2 atom stereocenters. The zero-order chi connectivity index (χ0) is 29.3. The predicted octanol–water partition coefficient (Wildman–Crippen LogP) is 4.41. The Morgan fingerprint density at radius 2 is 1.83 bits per heavy atom. The van der Waals surface area contributed by atoms with Crippen molar-refractivity contribution in [3.8, 4) is 0 Å². The third-order valence-electron chi connectivity index (χ3n) is 7.99. The maximum atomic E-state index is 13.8. The minimum absolute atomic E-state index is 0.0152. The number of rotatable bonds is 9. The van der Waals surface area contributed by atoms with E-state index in [1.54, 1.807) is 13.1 Å². The topological polar surface area (TPSA) is 104 Å². The number of aromatic nitrogens is 1. The highest BCUT2D eigenvalue weighted by Gasteiger charge is 2.29. The van der Waals surface area contributed by atoms with Crippen molar-refractivity contribution in [3.63, 3.8) is 0 Å². The number of aliphatic hydroxyl groups is 1. The molecule has 3 aromatic carbocycles. The number of aliphatic hydroxyl groups excluding tert-OH is 1. The number of carbonyl (C=O) groups is 1. The molecule has 0 saturated heterocycles. The van der Waals surface area contributed by atoms with Crippen LogP contribution in [-0.4, -0.2) is 55.5 Å². The van der Waals surface area contributed by atoms with Crippen molar-refractivity contribution < 1.29 is 18.3 Å². The van der Waals surface area contributed by atoms with Crippen LogP contribution in [0.25, 0.3) is 10.9 Å². The van der Waals surface area contributed by atoms with Crippen LogP contribution >= 0.6 is 0 Å². The second-order valence-electron chi connectivity index (χ2n) is 10.9. The van der Waals surface area contributed by atoms with Gasteiger partial charge >= 0.3 is 0 Å². The standard InChI is InChI=1S/C32H38N4O4S/c1-5-36-20-24-13-14-41(39,40)35(4)28-17-25(18-29(36)31(24)28)32(38)34-27(16-23-9-7-6-8-10-23)30(37)19-33-26-12-11-21(2)15-22(26)3/h6-12,15,17-18,20,27,30,33,37H,5,13-14,16,19H2,1-4H3,(H,34,38)/t27-,30+/m0/s1. The number of amides is 1. The second kappa shape index (κ2) is 11.6. The molecule has 216 valence electrons. The molecule has 0 fully saturated rings. The Morgan fingerprint density at radius 1 is 1.07 bits per heavy atom. The van der Waals surface area contributed by atoms with E-state index in [1.165, 1.54) is 4.31 Å². The van der Waals surface area contributed by atoms with Gasteiger partial charge in [0.2, 0.25) is 10.0 Å². The highest BCUT2D eigenvalue weighted by molar-refractivity contribution is 7.92. The van der Waals surface area contributed by atoms with E-state index in [2.05, 4.69) is 21.3 Å². The fraction of sp³-hybridized carbons (Fsp3) is 0.344. The average molecular weight is 575 g/mol. The molecule has 0 saturated carbocycles. The van der Waals surface area contributed by atoms with Gasteiger partial charge in [-0.05, 0) is 68.5 Å². The van der Waals surface area contributed by atoms with Gasteiger partial charge in [0.25, 0.3) is 5.91 Å². The first-order valence-electron chi connectivity index (χ1n) is 14.0. The molecule has 0 bridgehead atoms. The van der Waals surface area contributed by atoms with Gasteiger partial charge in [0, 0.05) is 43.0 Å². The molecular weight excluding hydrogens is 536 g/mol. The van der Waals surface area contributed by atoms with E-state index in [1.807, 2.05) is 75.5 Å². The molecule has 41 heavy (non-hydrogen) atoms. The van der Waals surface area contributed by atoms with E-state index >= 15 is 0 Å². The lowest BCUT2D eigenvalue weighted by Gasteiger charge is -2.26. The van der Waals surface area contributed by atoms with Crippen LogP contribution in [0, 0.1) is 13.8 Å². The Labute approximate surface area is 242 Å². The monoisotopic (exact) mass is 574 g/mol. The Hall–Kier alpha value is -3.82. The van der Waals surface area contributed by atoms with Crippen LogP contribution in [0.2, 0.25) is 0 Å². The summed E-state index contributed by atoms with van der Waals surface area (Å²) in [7, 11) is -1.97. The molecule has 1 aromatic heterocycles. The van der Waals surface area contributed by atoms with Gasteiger partial charge in [-0.25, -0.2) is 8.42 Å². The minimum Gasteiger partial charge on any atom is -0.389 e. The first kappa shape index (κ1) is 28.7. The van der Waals surface area contributed by atoms with Crippen LogP contribution in [-0.2, 0) is 29.4 Å². The maximum Gasteiger partial charge on any atom is 0.251 e. The smallest absolute Gasteiger partial charge is 0.251 e. The van der Waals surface area contributed by atoms with Crippen molar-refractivity contribution in [1.82, 2.24) is 9.88 Å². The fourth-order valence-corrected chi connectivity index (χ4v) is 6.81. The molecule has 0 unspecified atom stereocenters. The fourth-order valence-electron chi connectivity index (χ4n) is 5.62. The number of sulfonamides is 1. The van der Waals surface area contributed by atoms with Crippen molar-refractivity contribution in [2.75, 3.05) is 29.0 Å². The zero-order valence-electron chi connectivity index (χ0n) is 24.0. The molecule has 1 aliphatic heterocycles. The summed E-state index contributed by atoms with van der Waals surface area (Å²) in [5, 5.41) is 18.6. The summed E-state index contributed by atoms with van der Waals surface area (Å²) < 4.78 is 29.2. The first-order chi connectivity index (χ1) is 19.6. The molecule has 1 amide bonds. The Balaban J connectivity index is 1.46. The van der Waals surface area contributed by atoms with Crippen molar-refractivity contribution >= 4 is 38.2 Å². The number of carbonyl (C=O) groups excluding carboxylic acids is 1. The summed E-state index contributed by atoms with van der Waals surface area (Å²) in [6.07, 6.45) is 1.96. The maximum absolute atomic E-state index is 13.8. The predicted molar refractivity (Wildman–Crippen MR) is 165 cm³/mol. The SMILES string of the molecule is CCn1cc2c3c(cc(C(=O)N[C@@H](Cc4ccccc4)[C@H](O)CNc4ccc(C)cc4C)cc31)N(C)S(=O)(=O)CC2. The number of aryl methyl sites for hydroxylation is 4. The van der Waals surface area contributed by atoms with Gasteiger partial charge in [0.05, 0.1) is 29.1 Å². The number of hydrogen-bond acceptors (Lipinski definition) is 5. The lowest BCUT2D eigenvalue weighted by Crippen LogP contribution is -2.47. The van der Waals surface area contributed by atoms with Crippen LogP contribution in [0.3, 0.4) is 0 Å². The minimum atomic E-state index is -3.52. The molecule has 3 N–H and O–H groups in total. The van der Waals surface area contributed by atoms with E-state index < -0.39 is 22.2 Å². The largest absolute Gasteiger partial charge is 0.389 e. The summed E-state index contributed by atoms with van der Waals surface area (Å²) in [4.78, 5) is 13.8. The summed E-state index contributed by atoms with van der Waals surface area (Å²) >= 11 is 0. The van der Waals surface area contributed by atoms with Crippen LogP contribution in [0.5, 0.6) is 0 Å². The molecule has 0 aliphatic carbocycles. The number of nitrogens with one attached hydrogen (secondary N) is 2. The van der Waals surface area contributed by atoms with E-state index in [9.17, 15) is 18.3 Å². The van der Waals surface area contributed by atoms with E-state index in [-0.39, 0.29) is 18.2 Å². The molecule has 4 aromatic rings. The van der Waals surface area contributed by atoms with Crippen molar-refractivity contribution in [2.45, 2.75) is 52.3 Å². The molecule has 9 heteroatoms. The van der Waals surface area contributed by atoms with Gasteiger partial charge in [0.15, 0.2) is 0 Å². The second-order valence-corrected chi connectivity index (χ2v) is 13.0. The van der Waals surface area contributed by atoms with E-state index in [4.69, 9.17) is 0 Å². The Morgan fingerprint density at radius 3 is 2.54 bits per heavy atom. The molecule has 1 aliphatic rings. The van der Waals surface area contributed by atoms with E-state index in [0.29, 0.717) is 30.6 Å². The zero-order valence-corrected chi connectivity index (χ0v) is 24.8. The van der Waals surface area contributed by atoms with Gasteiger partial charge in [0.1, 0.15) is 0 Å². The van der Waals surface area contributed by atoms with Crippen LogP contribution in [0.15, 0.2) is 66.9 Å². The van der Waals surface area contributed by atoms with Gasteiger partial charge < -0.3 is 20.3 Å². The highest BCUT2D eigenvalue weighted by atomic mass is 32.2. The van der Waals surface area contributed by atoms with Gasteiger partial charge in [-0.3, -0.25) is 9.10 Å². The molecular formula is C32H38N4O4S. The third kappa shape index (κ3) is 5.96. The van der Waals surface area contributed by atoms with Crippen molar-refractivity contribution in [3.05, 3.63) is 94.7 Å². The molecule has 5 rings (SSSR count). The Bertz CT molecular complexity index is 1680.